The summed E-state index contributed by atoms with van der Waals surface area (Å²) in [6.07, 6.45) is 3.46. The van der Waals surface area contributed by atoms with Gasteiger partial charge in [0.15, 0.2) is 0 Å². The SMILES string of the molecule is C=C1NC(=O)N[C@@H](c2ccc(F)cc2)[C@H]1C(=O)OC/C=C\C. The molecule has 22 heavy (non-hydrogen) atoms. The number of hydrogen-bond donors (Lipinski definition) is 2. The molecule has 116 valence electrons. The van der Waals surface area contributed by atoms with Gasteiger partial charge in [-0.3, -0.25) is 4.79 Å². The van der Waals surface area contributed by atoms with Crippen molar-refractivity contribution in [1.82, 2.24) is 10.6 Å². The molecule has 5 nitrogen and oxygen atoms in total. The van der Waals surface area contributed by atoms with Gasteiger partial charge in [0.25, 0.3) is 0 Å². The van der Waals surface area contributed by atoms with Crippen molar-refractivity contribution < 1.29 is 18.7 Å². The van der Waals surface area contributed by atoms with E-state index in [4.69, 9.17) is 4.74 Å². The minimum absolute atomic E-state index is 0.142. The van der Waals surface area contributed by atoms with Crippen molar-refractivity contribution in [3.63, 3.8) is 0 Å². The van der Waals surface area contributed by atoms with Crippen LogP contribution in [0.2, 0.25) is 0 Å². The van der Waals surface area contributed by atoms with E-state index in [-0.39, 0.29) is 12.3 Å². The van der Waals surface area contributed by atoms with Gasteiger partial charge >= 0.3 is 12.0 Å². The fourth-order valence-electron chi connectivity index (χ4n) is 2.23. The molecular formula is C16H17FN2O3. The number of urea groups is 1. The molecule has 0 spiro atoms. The van der Waals surface area contributed by atoms with Crippen molar-refractivity contribution in [2.24, 2.45) is 5.92 Å². The third-order valence-electron chi connectivity index (χ3n) is 3.31. The molecule has 1 aliphatic rings. The first-order valence-corrected chi connectivity index (χ1v) is 6.82. The Kier molecular flexibility index (Phi) is 4.93. The van der Waals surface area contributed by atoms with E-state index in [0.29, 0.717) is 5.56 Å². The maximum absolute atomic E-state index is 13.1. The summed E-state index contributed by atoms with van der Waals surface area (Å²) in [7, 11) is 0. The van der Waals surface area contributed by atoms with Gasteiger partial charge in [-0.2, -0.15) is 0 Å². The summed E-state index contributed by atoms with van der Waals surface area (Å²) < 4.78 is 18.2. The van der Waals surface area contributed by atoms with Gasteiger partial charge in [-0.1, -0.05) is 30.9 Å². The number of nitrogens with one attached hydrogen (secondary N) is 2. The van der Waals surface area contributed by atoms with E-state index < -0.39 is 29.8 Å². The van der Waals surface area contributed by atoms with Gasteiger partial charge in [0, 0.05) is 5.70 Å². The maximum Gasteiger partial charge on any atom is 0.319 e. The zero-order chi connectivity index (χ0) is 16.1. The number of rotatable bonds is 4. The van der Waals surface area contributed by atoms with Gasteiger partial charge < -0.3 is 15.4 Å². The monoisotopic (exact) mass is 304 g/mol. The van der Waals surface area contributed by atoms with Crippen LogP contribution in [0.15, 0.2) is 48.7 Å². The normalized spacial score (nSPS) is 21.4. The van der Waals surface area contributed by atoms with Crippen molar-refractivity contribution in [1.29, 1.82) is 0 Å². The predicted octanol–water partition coefficient (Wildman–Crippen LogP) is 2.43. The van der Waals surface area contributed by atoms with Crippen LogP contribution in [-0.4, -0.2) is 18.6 Å². The lowest BCUT2D eigenvalue weighted by Gasteiger charge is -2.33. The van der Waals surface area contributed by atoms with Crippen LogP contribution >= 0.6 is 0 Å². The first kappa shape index (κ1) is 15.8. The maximum atomic E-state index is 13.1. The number of amides is 2. The van der Waals surface area contributed by atoms with Crippen molar-refractivity contribution in [3.8, 4) is 0 Å². The van der Waals surface area contributed by atoms with Crippen LogP contribution in [0.3, 0.4) is 0 Å². The minimum Gasteiger partial charge on any atom is -0.461 e. The molecule has 2 N–H and O–H groups in total. The number of ether oxygens (including phenoxy) is 1. The molecule has 6 heteroatoms. The van der Waals surface area contributed by atoms with Gasteiger partial charge in [0.1, 0.15) is 18.3 Å². The second-order valence-corrected chi connectivity index (χ2v) is 4.83. The van der Waals surface area contributed by atoms with Crippen LogP contribution in [0.25, 0.3) is 0 Å². The number of hydrogen-bond acceptors (Lipinski definition) is 3. The van der Waals surface area contributed by atoms with Gasteiger partial charge in [-0.05, 0) is 24.6 Å². The molecule has 1 fully saturated rings. The fourth-order valence-corrected chi connectivity index (χ4v) is 2.23. The Morgan fingerprint density at radius 1 is 1.41 bits per heavy atom. The van der Waals surface area contributed by atoms with Gasteiger partial charge in [-0.25, -0.2) is 9.18 Å². The molecule has 0 saturated carbocycles. The quantitative estimate of drug-likeness (QED) is 0.663. The second-order valence-electron chi connectivity index (χ2n) is 4.83. The summed E-state index contributed by atoms with van der Waals surface area (Å²) in [5.41, 5.74) is 0.855. The molecule has 1 heterocycles. The highest BCUT2D eigenvalue weighted by molar-refractivity contribution is 5.85. The molecule has 0 radical (unpaired) electrons. The van der Waals surface area contributed by atoms with Crippen molar-refractivity contribution >= 4 is 12.0 Å². The molecule has 1 aromatic rings. The number of allylic oxidation sites excluding steroid dienone is 1. The Labute approximate surface area is 127 Å². The van der Waals surface area contributed by atoms with Crippen LogP contribution in [0.5, 0.6) is 0 Å². The summed E-state index contributed by atoms with van der Waals surface area (Å²) in [6.45, 7) is 5.68. The average molecular weight is 304 g/mol. The molecule has 1 aliphatic heterocycles. The third-order valence-corrected chi connectivity index (χ3v) is 3.31. The number of carbonyl (C=O) groups excluding carboxylic acids is 2. The molecule has 0 unspecified atom stereocenters. The van der Waals surface area contributed by atoms with Crippen LogP contribution in [-0.2, 0) is 9.53 Å². The molecule has 0 bridgehead atoms. The number of carbonyl (C=O) groups is 2. The van der Waals surface area contributed by atoms with E-state index in [1.807, 2.05) is 6.92 Å². The highest BCUT2D eigenvalue weighted by Crippen LogP contribution is 2.30. The van der Waals surface area contributed by atoms with Crippen molar-refractivity contribution in [3.05, 3.63) is 60.1 Å². The first-order chi connectivity index (χ1) is 10.5. The summed E-state index contributed by atoms with van der Waals surface area (Å²) in [6, 6.07) is 4.47. The van der Waals surface area contributed by atoms with Gasteiger partial charge in [0.2, 0.25) is 0 Å². The summed E-state index contributed by atoms with van der Waals surface area (Å²) >= 11 is 0. The topological polar surface area (TPSA) is 67.4 Å². The Morgan fingerprint density at radius 3 is 2.73 bits per heavy atom. The number of esters is 1. The Hall–Kier alpha value is -2.63. The molecule has 0 aliphatic carbocycles. The van der Waals surface area contributed by atoms with Crippen molar-refractivity contribution in [2.75, 3.05) is 6.61 Å². The van der Waals surface area contributed by atoms with E-state index >= 15 is 0 Å². The van der Waals surface area contributed by atoms with Crippen LogP contribution in [0.4, 0.5) is 9.18 Å². The molecule has 1 aromatic carbocycles. The molecule has 0 aromatic heterocycles. The fraction of sp³-hybridized carbons (Fsp3) is 0.250. The van der Waals surface area contributed by atoms with E-state index in [1.54, 1.807) is 12.2 Å². The standard InChI is InChI=1S/C16H17FN2O3/c1-3-4-9-22-15(20)13-10(2)18-16(21)19-14(13)11-5-7-12(17)8-6-11/h3-8,13-14H,2,9H2,1H3,(H2,18,19,21)/b4-3-/t13-,14-/m0/s1. The Bertz CT molecular complexity index is 610. The van der Waals surface area contributed by atoms with E-state index in [1.165, 1.54) is 24.3 Å². The lowest BCUT2D eigenvalue weighted by Crippen LogP contribution is -2.51. The third kappa shape index (κ3) is 3.52. The predicted molar refractivity (Wildman–Crippen MR) is 79.2 cm³/mol. The number of benzene rings is 1. The molecule has 2 rings (SSSR count). The van der Waals surface area contributed by atoms with E-state index in [9.17, 15) is 14.0 Å². The molecule has 1 saturated heterocycles. The minimum atomic E-state index is -0.784. The Balaban J connectivity index is 2.25. The lowest BCUT2D eigenvalue weighted by atomic mass is 9.89. The first-order valence-electron chi connectivity index (χ1n) is 6.82. The van der Waals surface area contributed by atoms with E-state index in [2.05, 4.69) is 17.2 Å². The highest BCUT2D eigenvalue weighted by atomic mass is 19.1. The zero-order valence-corrected chi connectivity index (χ0v) is 12.1. The zero-order valence-electron chi connectivity index (χ0n) is 12.1. The molecule has 2 atom stereocenters. The number of halogens is 1. The van der Waals surface area contributed by atoms with Crippen molar-refractivity contribution in [2.45, 2.75) is 13.0 Å². The summed E-state index contributed by atoms with van der Waals surface area (Å²) in [5.74, 6) is -1.69. The van der Waals surface area contributed by atoms with Crippen LogP contribution in [0.1, 0.15) is 18.5 Å². The van der Waals surface area contributed by atoms with E-state index in [0.717, 1.165) is 0 Å². The van der Waals surface area contributed by atoms with Gasteiger partial charge in [-0.15, -0.1) is 0 Å². The van der Waals surface area contributed by atoms with Crippen LogP contribution in [0, 0.1) is 11.7 Å². The Morgan fingerprint density at radius 2 is 2.09 bits per heavy atom. The molecular weight excluding hydrogens is 287 g/mol. The smallest absolute Gasteiger partial charge is 0.319 e. The summed E-state index contributed by atoms with van der Waals surface area (Å²) in [4.78, 5) is 23.9. The average Bonchev–Trinajstić information content (AvgIpc) is 2.47. The largest absolute Gasteiger partial charge is 0.461 e. The van der Waals surface area contributed by atoms with Crippen LogP contribution < -0.4 is 10.6 Å². The van der Waals surface area contributed by atoms with Gasteiger partial charge in [0.05, 0.1) is 6.04 Å². The molecule has 2 amide bonds. The summed E-state index contributed by atoms with van der Waals surface area (Å²) in [5, 5.41) is 5.13. The highest BCUT2D eigenvalue weighted by Gasteiger charge is 2.38. The lowest BCUT2D eigenvalue weighted by molar-refractivity contribution is -0.147. The second kappa shape index (κ2) is 6.89.